The molecule has 178 valence electrons. The summed E-state index contributed by atoms with van der Waals surface area (Å²) < 4.78 is 53.9. The number of hydrogen-bond donors (Lipinski definition) is 1. The van der Waals surface area contributed by atoms with Crippen LogP contribution in [0.4, 0.5) is 5.69 Å². The average molecular weight is 487 g/mol. The second-order valence-electron chi connectivity index (χ2n) is 7.56. The van der Waals surface area contributed by atoms with Gasteiger partial charge in [0.2, 0.25) is 16.8 Å². The van der Waals surface area contributed by atoms with Crippen molar-refractivity contribution in [1.82, 2.24) is 4.31 Å². The molecule has 0 spiro atoms. The van der Waals surface area contributed by atoms with Gasteiger partial charge < -0.3 is 28.7 Å². The van der Waals surface area contributed by atoms with Crippen LogP contribution in [0.3, 0.4) is 0 Å². The molecule has 0 aliphatic carbocycles. The van der Waals surface area contributed by atoms with Crippen molar-refractivity contribution in [3.05, 3.63) is 66.1 Å². The Balaban J connectivity index is 1.18. The Morgan fingerprint density at radius 3 is 2.53 bits per heavy atom. The Labute approximate surface area is 196 Å². The summed E-state index contributed by atoms with van der Waals surface area (Å²) in [6.45, 7) is 1.70. The molecule has 0 saturated carbocycles. The number of ether oxygens (including phenoxy) is 4. The van der Waals surface area contributed by atoms with Gasteiger partial charge in [-0.1, -0.05) is 0 Å². The van der Waals surface area contributed by atoms with E-state index in [9.17, 15) is 13.2 Å². The monoisotopic (exact) mass is 486 g/mol. The van der Waals surface area contributed by atoms with Gasteiger partial charge in [-0.25, -0.2) is 8.42 Å². The molecule has 2 aliphatic heterocycles. The van der Waals surface area contributed by atoms with Crippen LogP contribution in [0, 0.1) is 0 Å². The molecule has 1 aromatic heterocycles. The van der Waals surface area contributed by atoms with Crippen molar-refractivity contribution >= 4 is 21.6 Å². The van der Waals surface area contributed by atoms with E-state index in [0.29, 0.717) is 55.0 Å². The molecule has 3 aromatic rings. The lowest BCUT2D eigenvalue weighted by Crippen LogP contribution is -2.40. The van der Waals surface area contributed by atoms with E-state index in [1.54, 1.807) is 30.3 Å². The standard InChI is InChI=1S/C23H22N2O8S/c26-23(24-16-1-5-19(6-2-16)34(27,28)25-9-11-29-12-10-25)21-8-4-18(33-21)14-30-17-3-7-20-22(13-17)32-15-31-20/h1-8,13H,9-12,14-15H2,(H,24,26). The van der Waals surface area contributed by atoms with E-state index in [1.807, 2.05) is 0 Å². The van der Waals surface area contributed by atoms with E-state index in [2.05, 4.69) is 5.32 Å². The molecule has 5 rings (SSSR count). The minimum Gasteiger partial charge on any atom is -0.486 e. The predicted molar refractivity (Wildman–Crippen MR) is 120 cm³/mol. The lowest BCUT2D eigenvalue weighted by molar-refractivity contribution is 0.0730. The number of nitrogens with zero attached hydrogens (tertiary/aromatic N) is 1. The lowest BCUT2D eigenvalue weighted by atomic mass is 10.3. The van der Waals surface area contributed by atoms with Gasteiger partial charge in [-0.15, -0.1) is 0 Å². The molecule has 11 heteroatoms. The van der Waals surface area contributed by atoms with E-state index < -0.39 is 15.9 Å². The zero-order valence-electron chi connectivity index (χ0n) is 18.1. The summed E-state index contributed by atoms with van der Waals surface area (Å²) in [4.78, 5) is 12.7. The third-order valence-corrected chi connectivity index (χ3v) is 7.24. The van der Waals surface area contributed by atoms with Crippen molar-refractivity contribution in [1.29, 1.82) is 0 Å². The average Bonchev–Trinajstić information content (AvgIpc) is 3.53. The topological polar surface area (TPSA) is 117 Å². The van der Waals surface area contributed by atoms with E-state index >= 15 is 0 Å². The molecule has 34 heavy (non-hydrogen) atoms. The summed E-state index contributed by atoms with van der Waals surface area (Å²) in [5, 5.41) is 2.70. The van der Waals surface area contributed by atoms with Crippen molar-refractivity contribution in [3.8, 4) is 17.2 Å². The highest BCUT2D eigenvalue weighted by atomic mass is 32.2. The first kappa shape index (κ1) is 22.3. The molecule has 0 unspecified atom stereocenters. The largest absolute Gasteiger partial charge is 0.486 e. The van der Waals surface area contributed by atoms with Gasteiger partial charge in [0.15, 0.2) is 17.3 Å². The summed E-state index contributed by atoms with van der Waals surface area (Å²) in [6, 6.07) is 14.5. The second kappa shape index (κ2) is 9.37. The molecule has 1 fully saturated rings. The Hall–Kier alpha value is -3.54. The van der Waals surface area contributed by atoms with Gasteiger partial charge in [0.05, 0.1) is 18.1 Å². The van der Waals surface area contributed by atoms with Crippen LogP contribution in [0.5, 0.6) is 17.2 Å². The Morgan fingerprint density at radius 2 is 1.74 bits per heavy atom. The van der Waals surface area contributed by atoms with Crippen molar-refractivity contribution in [3.63, 3.8) is 0 Å². The quantitative estimate of drug-likeness (QED) is 0.542. The molecule has 0 atom stereocenters. The maximum Gasteiger partial charge on any atom is 0.291 e. The fraction of sp³-hybridized carbons (Fsp3) is 0.261. The Kier molecular flexibility index (Phi) is 6.14. The first-order chi connectivity index (χ1) is 16.5. The lowest BCUT2D eigenvalue weighted by Gasteiger charge is -2.26. The summed E-state index contributed by atoms with van der Waals surface area (Å²) in [5.74, 6) is 1.97. The molecule has 0 bridgehead atoms. The number of sulfonamides is 1. The Bertz CT molecular complexity index is 1280. The summed E-state index contributed by atoms with van der Waals surface area (Å²) >= 11 is 0. The zero-order chi connectivity index (χ0) is 23.5. The number of amides is 1. The molecule has 1 amide bonds. The SMILES string of the molecule is O=C(Nc1ccc(S(=O)(=O)N2CCOCC2)cc1)c1ccc(COc2ccc3c(c2)OCO3)o1. The van der Waals surface area contributed by atoms with Gasteiger partial charge in [0.1, 0.15) is 18.1 Å². The van der Waals surface area contributed by atoms with Crippen LogP contribution >= 0.6 is 0 Å². The minimum absolute atomic E-state index is 0.106. The highest BCUT2D eigenvalue weighted by Crippen LogP contribution is 2.35. The molecule has 3 heterocycles. The minimum atomic E-state index is -3.60. The maximum absolute atomic E-state index is 12.7. The van der Waals surface area contributed by atoms with Crippen LogP contribution in [-0.2, 0) is 21.4 Å². The van der Waals surface area contributed by atoms with Gasteiger partial charge in [0.25, 0.3) is 5.91 Å². The van der Waals surface area contributed by atoms with Crippen molar-refractivity contribution < 1.29 is 36.6 Å². The molecule has 2 aliphatic rings. The second-order valence-corrected chi connectivity index (χ2v) is 9.50. The molecule has 1 N–H and O–H groups in total. The summed E-state index contributed by atoms with van der Waals surface area (Å²) in [7, 11) is -3.60. The van der Waals surface area contributed by atoms with Crippen LogP contribution in [0.15, 0.2) is 63.9 Å². The smallest absolute Gasteiger partial charge is 0.291 e. The number of rotatable bonds is 7. The number of hydrogen-bond acceptors (Lipinski definition) is 8. The van der Waals surface area contributed by atoms with Crippen molar-refractivity contribution in [2.45, 2.75) is 11.5 Å². The molecular formula is C23H22N2O8S. The number of fused-ring (bicyclic) bond motifs is 1. The predicted octanol–water partition coefficient (Wildman–Crippen LogP) is 2.86. The third-order valence-electron chi connectivity index (χ3n) is 5.33. The van der Waals surface area contributed by atoms with Gasteiger partial charge in [0, 0.05) is 24.8 Å². The number of carbonyl (C=O) groups is 1. The van der Waals surface area contributed by atoms with Crippen LogP contribution < -0.4 is 19.5 Å². The van der Waals surface area contributed by atoms with E-state index in [0.717, 1.165) is 0 Å². The molecule has 0 radical (unpaired) electrons. The summed E-state index contributed by atoms with van der Waals surface area (Å²) in [6.07, 6.45) is 0. The molecular weight excluding hydrogens is 464 g/mol. The maximum atomic E-state index is 12.7. The van der Waals surface area contributed by atoms with Gasteiger partial charge in [-0.2, -0.15) is 4.31 Å². The normalized spacial score (nSPS) is 15.8. The fourth-order valence-corrected chi connectivity index (χ4v) is 4.95. The molecule has 2 aromatic carbocycles. The van der Waals surface area contributed by atoms with E-state index in [1.165, 1.54) is 28.6 Å². The fourth-order valence-electron chi connectivity index (χ4n) is 3.54. The number of furan rings is 1. The number of morpholine rings is 1. The molecule has 1 saturated heterocycles. The number of anilines is 1. The van der Waals surface area contributed by atoms with Gasteiger partial charge in [-0.05, 0) is 48.5 Å². The highest BCUT2D eigenvalue weighted by molar-refractivity contribution is 7.89. The number of carbonyl (C=O) groups excluding carboxylic acids is 1. The number of benzene rings is 2. The van der Waals surface area contributed by atoms with E-state index in [4.69, 9.17) is 23.4 Å². The third kappa shape index (κ3) is 4.72. The molecule has 10 nitrogen and oxygen atoms in total. The summed E-state index contributed by atoms with van der Waals surface area (Å²) in [5.41, 5.74) is 0.445. The first-order valence-electron chi connectivity index (χ1n) is 10.6. The highest BCUT2D eigenvalue weighted by Gasteiger charge is 2.26. The van der Waals surface area contributed by atoms with Crippen molar-refractivity contribution in [2.24, 2.45) is 0 Å². The van der Waals surface area contributed by atoms with E-state index in [-0.39, 0.29) is 24.1 Å². The van der Waals surface area contributed by atoms with Crippen LogP contribution in [0.25, 0.3) is 0 Å². The Morgan fingerprint density at radius 1 is 0.971 bits per heavy atom. The van der Waals surface area contributed by atoms with Crippen LogP contribution in [0.2, 0.25) is 0 Å². The van der Waals surface area contributed by atoms with Gasteiger partial charge in [-0.3, -0.25) is 4.79 Å². The van der Waals surface area contributed by atoms with Crippen LogP contribution in [-0.4, -0.2) is 51.7 Å². The first-order valence-corrected chi connectivity index (χ1v) is 12.0. The number of nitrogens with one attached hydrogen (secondary N) is 1. The van der Waals surface area contributed by atoms with Crippen molar-refractivity contribution in [2.75, 3.05) is 38.4 Å². The van der Waals surface area contributed by atoms with Gasteiger partial charge >= 0.3 is 0 Å². The van der Waals surface area contributed by atoms with Crippen LogP contribution in [0.1, 0.15) is 16.3 Å². The zero-order valence-corrected chi connectivity index (χ0v) is 18.9.